The van der Waals surface area contributed by atoms with E-state index in [0.29, 0.717) is 51.3 Å². The van der Waals surface area contributed by atoms with E-state index in [1.807, 2.05) is 0 Å². The lowest BCUT2D eigenvalue weighted by atomic mass is 10.0. The summed E-state index contributed by atoms with van der Waals surface area (Å²) in [5.41, 5.74) is 2.24. The lowest BCUT2D eigenvalue weighted by Gasteiger charge is -2.11. The highest BCUT2D eigenvalue weighted by Crippen LogP contribution is 2.39. The first-order valence-corrected chi connectivity index (χ1v) is 9.67. The van der Waals surface area contributed by atoms with Crippen LogP contribution in [0.5, 0.6) is 5.75 Å². The fourth-order valence-corrected chi connectivity index (χ4v) is 3.99. The van der Waals surface area contributed by atoms with Crippen molar-refractivity contribution in [2.75, 3.05) is 7.11 Å². The third kappa shape index (κ3) is 3.80. The number of rotatable bonds is 4. The molecule has 1 aliphatic carbocycles. The molecule has 29 heavy (non-hydrogen) atoms. The Kier molecular flexibility index (Phi) is 5.18. The van der Waals surface area contributed by atoms with Gasteiger partial charge in [0.05, 0.1) is 24.8 Å². The molecule has 1 aromatic heterocycles. The van der Waals surface area contributed by atoms with Crippen LogP contribution in [0.25, 0.3) is 22.1 Å². The summed E-state index contributed by atoms with van der Waals surface area (Å²) in [6.45, 7) is 0. The summed E-state index contributed by atoms with van der Waals surface area (Å²) < 4.78 is 11.4. The highest BCUT2D eigenvalue weighted by molar-refractivity contribution is 6.32. The Labute approximate surface area is 172 Å². The van der Waals surface area contributed by atoms with Gasteiger partial charge in [0.15, 0.2) is 5.76 Å². The van der Waals surface area contributed by atoms with E-state index in [2.05, 4.69) is 11.4 Å². The quantitative estimate of drug-likeness (QED) is 0.669. The van der Waals surface area contributed by atoms with Crippen LogP contribution in [-0.2, 0) is 0 Å². The fraction of sp³-hybridized carbons (Fsp3) is 0.273. The number of methoxy groups -OCH3 is 1. The first kappa shape index (κ1) is 19.3. The first-order valence-electron chi connectivity index (χ1n) is 9.29. The Morgan fingerprint density at radius 2 is 2.10 bits per heavy atom. The van der Waals surface area contributed by atoms with E-state index in [-0.39, 0.29) is 23.8 Å². The number of hydrogen-bond acceptors (Lipinski definition) is 5. The standard InChI is InChI=1S/C22H19ClN2O4/c1-28-19-5-2-12(11-24)6-17(19)18-9-14(23)7-13-8-20(29-21(13)18)22(27)25-15-3-4-16(26)10-15/h2,5-9,15-16,26H,3-4,10H2,1H3,(H,25,27)/t15-,16+/m1/s1. The van der Waals surface area contributed by atoms with Gasteiger partial charge in [-0.1, -0.05) is 11.6 Å². The third-order valence-electron chi connectivity index (χ3n) is 5.16. The van der Waals surface area contributed by atoms with Crippen molar-refractivity contribution in [2.24, 2.45) is 0 Å². The number of carbonyl (C=O) groups is 1. The number of amides is 1. The molecule has 1 saturated carbocycles. The number of furan rings is 1. The molecule has 2 aromatic carbocycles. The molecule has 0 bridgehead atoms. The van der Waals surface area contributed by atoms with Crippen molar-refractivity contribution in [3.63, 3.8) is 0 Å². The summed E-state index contributed by atoms with van der Waals surface area (Å²) >= 11 is 6.31. The zero-order valence-corrected chi connectivity index (χ0v) is 16.5. The molecule has 7 heteroatoms. The molecular weight excluding hydrogens is 392 g/mol. The number of aliphatic hydroxyl groups excluding tert-OH is 1. The molecule has 1 amide bonds. The molecule has 148 valence electrons. The highest BCUT2D eigenvalue weighted by Gasteiger charge is 2.26. The minimum atomic E-state index is -0.374. The van der Waals surface area contributed by atoms with Gasteiger partial charge < -0.3 is 19.6 Å². The van der Waals surface area contributed by atoms with Gasteiger partial charge in [0, 0.05) is 27.6 Å². The summed E-state index contributed by atoms with van der Waals surface area (Å²) in [6, 6.07) is 12.2. The molecule has 3 aromatic rings. The fourth-order valence-electron chi connectivity index (χ4n) is 3.76. The zero-order valence-electron chi connectivity index (χ0n) is 15.7. The van der Waals surface area contributed by atoms with E-state index in [0.717, 1.165) is 6.42 Å². The number of aliphatic hydroxyl groups is 1. The number of nitriles is 1. The Morgan fingerprint density at radius 1 is 1.28 bits per heavy atom. The predicted octanol–water partition coefficient (Wildman–Crippen LogP) is 4.28. The number of nitrogens with one attached hydrogen (secondary N) is 1. The van der Waals surface area contributed by atoms with Crippen LogP contribution in [0.3, 0.4) is 0 Å². The lowest BCUT2D eigenvalue weighted by molar-refractivity contribution is 0.0908. The van der Waals surface area contributed by atoms with Crippen LogP contribution in [0, 0.1) is 11.3 Å². The van der Waals surface area contributed by atoms with E-state index in [9.17, 15) is 15.2 Å². The monoisotopic (exact) mass is 410 g/mol. The first-order chi connectivity index (χ1) is 14.0. The van der Waals surface area contributed by atoms with E-state index in [4.69, 9.17) is 20.8 Å². The third-order valence-corrected chi connectivity index (χ3v) is 5.38. The zero-order chi connectivity index (χ0) is 20.5. The largest absolute Gasteiger partial charge is 0.496 e. The number of ether oxygens (including phenoxy) is 1. The number of benzene rings is 2. The number of nitrogens with zero attached hydrogens (tertiary/aromatic N) is 1. The van der Waals surface area contributed by atoms with Gasteiger partial charge in [-0.05, 0) is 55.7 Å². The molecule has 1 fully saturated rings. The summed E-state index contributed by atoms with van der Waals surface area (Å²) in [4.78, 5) is 12.6. The minimum Gasteiger partial charge on any atom is -0.496 e. The van der Waals surface area contributed by atoms with Crippen LogP contribution in [-0.4, -0.2) is 30.3 Å². The van der Waals surface area contributed by atoms with Crippen LogP contribution < -0.4 is 10.1 Å². The molecule has 0 unspecified atom stereocenters. The topological polar surface area (TPSA) is 95.5 Å². The smallest absolute Gasteiger partial charge is 0.287 e. The Morgan fingerprint density at radius 3 is 2.79 bits per heavy atom. The van der Waals surface area contributed by atoms with Gasteiger partial charge in [-0.3, -0.25) is 4.79 Å². The molecular formula is C22H19ClN2O4. The van der Waals surface area contributed by atoms with Gasteiger partial charge in [0.2, 0.25) is 0 Å². The maximum absolute atomic E-state index is 12.6. The molecule has 1 aliphatic rings. The second-order valence-electron chi connectivity index (χ2n) is 7.15. The molecule has 6 nitrogen and oxygen atoms in total. The van der Waals surface area contributed by atoms with Crippen molar-refractivity contribution in [1.29, 1.82) is 5.26 Å². The number of fused-ring (bicyclic) bond motifs is 1. The Bertz CT molecular complexity index is 1130. The average Bonchev–Trinajstić information content (AvgIpc) is 3.32. The van der Waals surface area contributed by atoms with Crippen LogP contribution in [0.4, 0.5) is 0 Å². The van der Waals surface area contributed by atoms with E-state index in [1.54, 1.807) is 43.5 Å². The molecule has 2 atom stereocenters. The average molecular weight is 411 g/mol. The molecule has 2 N–H and O–H groups in total. The summed E-state index contributed by atoms with van der Waals surface area (Å²) in [5.74, 6) is 0.398. The second-order valence-corrected chi connectivity index (χ2v) is 7.58. The van der Waals surface area contributed by atoms with Crippen molar-refractivity contribution < 1.29 is 19.1 Å². The summed E-state index contributed by atoms with van der Waals surface area (Å²) in [5, 5.41) is 23.0. The van der Waals surface area contributed by atoms with E-state index in [1.165, 1.54) is 0 Å². The Balaban J connectivity index is 1.77. The molecule has 0 spiro atoms. The second kappa shape index (κ2) is 7.78. The normalized spacial score (nSPS) is 18.6. The van der Waals surface area contributed by atoms with E-state index < -0.39 is 0 Å². The van der Waals surface area contributed by atoms with Crippen LogP contribution in [0.2, 0.25) is 5.02 Å². The van der Waals surface area contributed by atoms with Gasteiger partial charge in [0.25, 0.3) is 5.91 Å². The van der Waals surface area contributed by atoms with Crippen molar-refractivity contribution >= 4 is 28.5 Å². The van der Waals surface area contributed by atoms with Crippen LogP contribution in [0.15, 0.2) is 40.8 Å². The SMILES string of the molecule is COc1ccc(C#N)cc1-c1cc(Cl)cc2cc(C(=O)N[C@@H]3CC[C@H](O)C3)oc12. The minimum absolute atomic E-state index is 0.0684. The van der Waals surface area contributed by atoms with Gasteiger partial charge in [-0.25, -0.2) is 0 Å². The molecule has 0 aliphatic heterocycles. The van der Waals surface area contributed by atoms with E-state index >= 15 is 0 Å². The predicted molar refractivity (Wildman–Crippen MR) is 109 cm³/mol. The van der Waals surface area contributed by atoms with Gasteiger partial charge in [-0.2, -0.15) is 5.26 Å². The summed E-state index contributed by atoms with van der Waals surface area (Å²) in [7, 11) is 1.55. The van der Waals surface area contributed by atoms with Crippen molar-refractivity contribution in [1.82, 2.24) is 5.32 Å². The molecule has 4 rings (SSSR count). The van der Waals surface area contributed by atoms with Gasteiger partial charge in [-0.15, -0.1) is 0 Å². The number of halogens is 1. The van der Waals surface area contributed by atoms with Crippen molar-refractivity contribution in [3.05, 3.63) is 52.7 Å². The molecule has 0 saturated heterocycles. The molecule has 0 radical (unpaired) electrons. The van der Waals surface area contributed by atoms with Gasteiger partial charge in [0.1, 0.15) is 11.3 Å². The van der Waals surface area contributed by atoms with Crippen LogP contribution in [0.1, 0.15) is 35.4 Å². The summed E-state index contributed by atoms with van der Waals surface area (Å²) in [6.07, 6.45) is 1.59. The van der Waals surface area contributed by atoms with Crippen molar-refractivity contribution in [2.45, 2.75) is 31.4 Å². The Hall–Kier alpha value is -3.01. The molecule has 1 heterocycles. The maximum Gasteiger partial charge on any atom is 0.287 e. The number of carbonyl (C=O) groups excluding carboxylic acids is 1. The van der Waals surface area contributed by atoms with Gasteiger partial charge >= 0.3 is 0 Å². The maximum atomic E-state index is 12.6. The van der Waals surface area contributed by atoms with Crippen molar-refractivity contribution in [3.8, 4) is 22.9 Å². The number of hydrogen-bond donors (Lipinski definition) is 2. The lowest BCUT2D eigenvalue weighted by Crippen LogP contribution is -2.32. The van der Waals surface area contributed by atoms with Crippen LogP contribution >= 0.6 is 11.6 Å². The highest BCUT2D eigenvalue weighted by atomic mass is 35.5.